The number of primary sulfonamides is 1. The standard InChI is InChI=1S/C18H17FN4O3S2/c1-12(17(24)22-14-5-7-16(8-6-14)28(20,25)26)27-18-21-9-10-23(18)15-4-2-3-13(19)11-15/h2-12H,1H3,(H,22,24)(H2,20,25,26)/t12-/m1/s1. The van der Waals surface area contributed by atoms with Gasteiger partial charge in [-0.1, -0.05) is 17.8 Å². The number of carbonyl (C=O) groups excluding carboxylic acids is 1. The van der Waals surface area contributed by atoms with Crippen LogP contribution in [-0.4, -0.2) is 29.1 Å². The number of amides is 1. The largest absolute Gasteiger partial charge is 0.325 e. The molecule has 2 aromatic carbocycles. The molecule has 28 heavy (non-hydrogen) atoms. The first-order valence-corrected chi connectivity index (χ1v) is 10.6. The molecule has 0 saturated heterocycles. The number of anilines is 1. The number of imidazole rings is 1. The third kappa shape index (κ3) is 4.77. The minimum absolute atomic E-state index is 0.0370. The van der Waals surface area contributed by atoms with Crippen molar-refractivity contribution in [3.8, 4) is 5.69 Å². The van der Waals surface area contributed by atoms with E-state index in [1.807, 2.05) is 0 Å². The molecule has 0 saturated carbocycles. The highest BCUT2D eigenvalue weighted by Gasteiger charge is 2.18. The number of sulfonamides is 1. The van der Waals surface area contributed by atoms with Gasteiger partial charge in [0.1, 0.15) is 5.82 Å². The number of hydrogen-bond donors (Lipinski definition) is 2. The lowest BCUT2D eigenvalue weighted by molar-refractivity contribution is -0.115. The summed E-state index contributed by atoms with van der Waals surface area (Å²) in [7, 11) is -3.79. The van der Waals surface area contributed by atoms with Crippen LogP contribution in [-0.2, 0) is 14.8 Å². The highest BCUT2D eigenvalue weighted by atomic mass is 32.2. The van der Waals surface area contributed by atoms with Crippen molar-refractivity contribution >= 4 is 33.4 Å². The van der Waals surface area contributed by atoms with Crippen molar-refractivity contribution in [2.75, 3.05) is 5.32 Å². The molecule has 0 aliphatic rings. The van der Waals surface area contributed by atoms with Gasteiger partial charge >= 0.3 is 0 Å². The maximum absolute atomic E-state index is 13.5. The summed E-state index contributed by atoms with van der Waals surface area (Å²) in [5.74, 6) is -0.655. The summed E-state index contributed by atoms with van der Waals surface area (Å²) in [5.41, 5.74) is 1.05. The van der Waals surface area contributed by atoms with Gasteiger partial charge < -0.3 is 5.32 Å². The molecule has 0 aliphatic heterocycles. The van der Waals surface area contributed by atoms with Gasteiger partial charge in [-0.2, -0.15) is 0 Å². The Bertz CT molecular complexity index is 1100. The van der Waals surface area contributed by atoms with E-state index < -0.39 is 15.3 Å². The fourth-order valence-electron chi connectivity index (χ4n) is 2.38. The molecule has 0 radical (unpaired) electrons. The Balaban J connectivity index is 1.69. The minimum atomic E-state index is -3.79. The maximum Gasteiger partial charge on any atom is 0.238 e. The van der Waals surface area contributed by atoms with Gasteiger partial charge in [-0.15, -0.1) is 0 Å². The van der Waals surface area contributed by atoms with Crippen LogP contribution in [0, 0.1) is 5.82 Å². The fraction of sp³-hybridized carbons (Fsp3) is 0.111. The van der Waals surface area contributed by atoms with Gasteiger partial charge in [0.15, 0.2) is 5.16 Å². The van der Waals surface area contributed by atoms with E-state index >= 15 is 0 Å². The highest BCUT2D eigenvalue weighted by molar-refractivity contribution is 8.00. The number of halogens is 1. The van der Waals surface area contributed by atoms with Gasteiger partial charge in [0.25, 0.3) is 0 Å². The first-order valence-electron chi connectivity index (χ1n) is 8.14. The third-order valence-electron chi connectivity index (χ3n) is 3.79. The second-order valence-electron chi connectivity index (χ2n) is 5.88. The van der Waals surface area contributed by atoms with Gasteiger partial charge in [0.05, 0.1) is 15.8 Å². The van der Waals surface area contributed by atoms with Crippen molar-refractivity contribution in [1.82, 2.24) is 9.55 Å². The molecule has 0 bridgehead atoms. The minimum Gasteiger partial charge on any atom is -0.325 e. The number of hydrogen-bond acceptors (Lipinski definition) is 5. The van der Waals surface area contributed by atoms with Crippen molar-refractivity contribution in [1.29, 1.82) is 0 Å². The molecule has 146 valence electrons. The Labute approximate surface area is 165 Å². The molecule has 0 unspecified atom stereocenters. The Kier molecular flexibility index (Phi) is 5.82. The molecule has 3 aromatic rings. The van der Waals surface area contributed by atoms with E-state index in [2.05, 4.69) is 10.3 Å². The lowest BCUT2D eigenvalue weighted by atomic mass is 10.3. The summed E-state index contributed by atoms with van der Waals surface area (Å²) < 4.78 is 37.7. The molecule has 1 amide bonds. The van der Waals surface area contributed by atoms with Crippen LogP contribution >= 0.6 is 11.8 Å². The molecule has 0 aliphatic carbocycles. The van der Waals surface area contributed by atoms with Crippen LogP contribution < -0.4 is 10.5 Å². The SMILES string of the molecule is C[C@@H](Sc1nccn1-c1cccc(F)c1)C(=O)Nc1ccc(S(N)(=O)=O)cc1. The van der Waals surface area contributed by atoms with Crippen molar-refractivity contribution in [2.45, 2.75) is 22.2 Å². The lowest BCUT2D eigenvalue weighted by Crippen LogP contribution is -2.23. The normalized spacial score (nSPS) is 12.5. The number of carbonyl (C=O) groups is 1. The summed E-state index contributed by atoms with van der Waals surface area (Å²) in [6.45, 7) is 1.71. The van der Waals surface area contributed by atoms with Crippen LogP contribution in [0.3, 0.4) is 0 Å². The number of benzene rings is 2. The summed E-state index contributed by atoms with van der Waals surface area (Å²) in [5, 5.41) is 7.79. The summed E-state index contributed by atoms with van der Waals surface area (Å²) in [6.07, 6.45) is 3.26. The Morgan fingerprint density at radius 2 is 1.96 bits per heavy atom. The summed E-state index contributed by atoms with van der Waals surface area (Å²) in [6, 6.07) is 11.6. The van der Waals surface area contributed by atoms with Crippen LogP contribution in [0.2, 0.25) is 0 Å². The zero-order valence-corrected chi connectivity index (χ0v) is 16.4. The van der Waals surface area contributed by atoms with E-state index in [9.17, 15) is 17.6 Å². The monoisotopic (exact) mass is 420 g/mol. The number of nitrogens with two attached hydrogens (primary N) is 1. The van der Waals surface area contributed by atoms with Crippen LogP contribution in [0.4, 0.5) is 10.1 Å². The van der Waals surface area contributed by atoms with Crippen molar-refractivity contribution in [3.05, 3.63) is 66.7 Å². The third-order valence-corrected chi connectivity index (χ3v) is 5.80. The Morgan fingerprint density at radius 3 is 2.61 bits per heavy atom. The Hall–Kier alpha value is -2.69. The average molecular weight is 420 g/mol. The Morgan fingerprint density at radius 1 is 1.25 bits per heavy atom. The van der Waals surface area contributed by atoms with E-state index in [-0.39, 0.29) is 16.6 Å². The molecular weight excluding hydrogens is 403 g/mol. The topological polar surface area (TPSA) is 107 Å². The van der Waals surface area contributed by atoms with E-state index in [1.54, 1.807) is 36.0 Å². The number of thioether (sulfide) groups is 1. The van der Waals surface area contributed by atoms with Crippen molar-refractivity contribution < 1.29 is 17.6 Å². The highest BCUT2D eigenvalue weighted by Crippen LogP contribution is 2.26. The van der Waals surface area contributed by atoms with Crippen LogP contribution in [0.1, 0.15) is 6.92 Å². The van der Waals surface area contributed by atoms with Crippen LogP contribution in [0.5, 0.6) is 0 Å². The molecule has 1 atom stereocenters. The van der Waals surface area contributed by atoms with E-state index in [1.165, 1.54) is 48.2 Å². The molecule has 1 heterocycles. The number of nitrogens with zero attached hydrogens (tertiary/aromatic N) is 2. The van der Waals surface area contributed by atoms with Crippen LogP contribution in [0.25, 0.3) is 5.69 Å². The smallest absolute Gasteiger partial charge is 0.238 e. The summed E-state index contributed by atoms with van der Waals surface area (Å²) in [4.78, 5) is 16.6. The molecular formula is C18H17FN4O3S2. The van der Waals surface area contributed by atoms with Gasteiger partial charge in [0.2, 0.25) is 15.9 Å². The average Bonchev–Trinajstić information content (AvgIpc) is 3.09. The maximum atomic E-state index is 13.5. The van der Waals surface area contributed by atoms with Crippen molar-refractivity contribution in [2.24, 2.45) is 5.14 Å². The molecule has 0 fully saturated rings. The van der Waals surface area contributed by atoms with Gasteiger partial charge in [-0.25, -0.2) is 22.9 Å². The van der Waals surface area contributed by atoms with Gasteiger partial charge in [0, 0.05) is 18.1 Å². The van der Waals surface area contributed by atoms with E-state index in [4.69, 9.17) is 5.14 Å². The summed E-state index contributed by atoms with van der Waals surface area (Å²) >= 11 is 1.21. The lowest BCUT2D eigenvalue weighted by Gasteiger charge is -2.13. The molecule has 10 heteroatoms. The molecule has 7 nitrogen and oxygen atoms in total. The number of aromatic nitrogens is 2. The zero-order valence-electron chi connectivity index (χ0n) is 14.7. The van der Waals surface area contributed by atoms with Crippen molar-refractivity contribution in [3.63, 3.8) is 0 Å². The fourth-order valence-corrected chi connectivity index (χ4v) is 3.78. The number of rotatable bonds is 6. The predicted molar refractivity (Wildman–Crippen MR) is 105 cm³/mol. The quantitative estimate of drug-likeness (QED) is 0.597. The first kappa shape index (κ1) is 20.1. The molecule has 1 aromatic heterocycles. The van der Waals surface area contributed by atoms with Crippen LogP contribution in [0.15, 0.2) is 71.0 Å². The van der Waals surface area contributed by atoms with E-state index in [0.29, 0.717) is 16.5 Å². The first-order chi connectivity index (χ1) is 13.2. The number of nitrogens with one attached hydrogen (secondary N) is 1. The molecule has 0 spiro atoms. The van der Waals surface area contributed by atoms with Gasteiger partial charge in [-0.05, 0) is 49.4 Å². The molecule has 3 N–H and O–H groups in total. The zero-order chi connectivity index (χ0) is 20.3. The second kappa shape index (κ2) is 8.13. The van der Waals surface area contributed by atoms with Gasteiger partial charge in [-0.3, -0.25) is 9.36 Å². The molecule has 3 rings (SSSR count). The predicted octanol–water partition coefficient (Wildman–Crippen LogP) is 2.78. The van der Waals surface area contributed by atoms with E-state index in [0.717, 1.165) is 0 Å². The second-order valence-corrected chi connectivity index (χ2v) is 8.75.